The van der Waals surface area contributed by atoms with Crippen molar-refractivity contribution in [2.75, 3.05) is 27.2 Å². The van der Waals surface area contributed by atoms with Gasteiger partial charge in [0.1, 0.15) is 0 Å². The molecule has 0 unspecified atom stereocenters. The number of quaternary nitrogens is 1. The molecule has 4 heteroatoms. The Balaban J connectivity index is 0. The molecule has 0 amide bonds. The van der Waals surface area contributed by atoms with Crippen LogP contribution in [-0.2, 0) is 9.53 Å². The van der Waals surface area contributed by atoms with Crippen LogP contribution in [0, 0.1) is 0 Å². The first-order chi connectivity index (χ1) is 11.4. The van der Waals surface area contributed by atoms with Gasteiger partial charge in [-0.3, -0.25) is 0 Å². The molecule has 0 aliphatic carbocycles. The molecule has 0 radical (unpaired) electrons. The van der Waals surface area contributed by atoms with Gasteiger partial charge in [-0.05, 0) is 20.3 Å². The molecule has 0 aromatic carbocycles. The zero-order chi connectivity index (χ0) is 18.3. The lowest BCUT2D eigenvalue weighted by molar-refractivity contribution is -0.904. The van der Waals surface area contributed by atoms with E-state index < -0.39 is 0 Å². The fourth-order valence-electron chi connectivity index (χ4n) is 2.69. The molecule has 0 N–H and O–H groups in total. The van der Waals surface area contributed by atoms with Crippen LogP contribution in [0.4, 0.5) is 0 Å². The lowest BCUT2D eigenvalue weighted by Gasteiger charge is -2.32. The Labute approximate surface area is 163 Å². The van der Waals surface area contributed by atoms with Gasteiger partial charge >= 0.3 is 5.97 Å². The van der Waals surface area contributed by atoms with Crippen molar-refractivity contribution in [1.82, 2.24) is 0 Å². The summed E-state index contributed by atoms with van der Waals surface area (Å²) in [6.45, 7) is 7.61. The molecule has 0 atom stereocenters. The fraction of sp³-hybridized carbons (Fsp3) is 0.952. The molecule has 0 heterocycles. The van der Waals surface area contributed by atoms with Crippen LogP contribution < -0.4 is 12.4 Å². The standard InChI is InChI=1S/C21H44NO2.ClH/c1-6-7-8-9-10-11-12-13-14-15-16-17-18-24-21(23)19-22(4,5)20(2)3;/h20H,6-19H2,1-5H3;1H/q+1;/p-1. The summed E-state index contributed by atoms with van der Waals surface area (Å²) in [6, 6.07) is 0.434. The van der Waals surface area contributed by atoms with Gasteiger partial charge in [-0.1, -0.05) is 77.6 Å². The number of nitrogens with zero attached hydrogens (tertiary/aromatic N) is 1. The highest BCUT2D eigenvalue weighted by atomic mass is 35.5. The zero-order valence-corrected chi connectivity index (χ0v) is 18.4. The Morgan fingerprint density at radius 3 is 1.60 bits per heavy atom. The molecule has 0 aromatic rings. The molecule has 0 spiro atoms. The van der Waals surface area contributed by atoms with Crippen molar-refractivity contribution in [3.05, 3.63) is 0 Å². The minimum absolute atomic E-state index is 0. The van der Waals surface area contributed by atoms with E-state index in [1.165, 1.54) is 70.6 Å². The highest BCUT2D eigenvalue weighted by Gasteiger charge is 2.24. The summed E-state index contributed by atoms with van der Waals surface area (Å²) < 4.78 is 6.06. The molecule has 0 saturated carbocycles. The van der Waals surface area contributed by atoms with Crippen LogP contribution in [0.3, 0.4) is 0 Å². The summed E-state index contributed by atoms with van der Waals surface area (Å²) in [5, 5.41) is 0. The van der Waals surface area contributed by atoms with Gasteiger partial charge in [0, 0.05) is 0 Å². The van der Waals surface area contributed by atoms with E-state index in [0.717, 1.165) is 6.42 Å². The molecule has 0 saturated heterocycles. The van der Waals surface area contributed by atoms with Crippen molar-refractivity contribution in [2.24, 2.45) is 0 Å². The number of unbranched alkanes of at least 4 members (excludes halogenated alkanes) is 11. The van der Waals surface area contributed by atoms with E-state index in [9.17, 15) is 4.79 Å². The predicted molar refractivity (Wildman–Crippen MR) is 104 cm³/mol. The number of rotatable bonds is 16. The van der Waals surface area contributed by atoms with Crippen LogP contribution in [0.2, 0.25) is 0 Å². The lowest BCUT2D eigenvalue weighted by Crippen LogP contribution is -3.00. The van der Waals surface area contributed by atoms with E-state index in [2.05, 4.69) is 34.9 Å². The smallest absolute Gasteiger partial charge is 0.361 e. The molecule has 0 aliphatic heterocycles. The molecule has 0 bridgehead atoms. The molecule has 25 heavy (non-hydrogen) atoms. The topological polar surface area (TPSA) is 26.3 Å². The average molecular weight is 378 g/mol. The third-order valence-electron chi connectivity index (χ3n) is 5.20. The maximum absolute atomic E-state index is 11.8. The maximum Gasteiger partial charge on any atom is 0.361 e. The Bertz CT molecular complexity index is 306. The summed E-state index contributed by atoms with van der Waals surface area (Å²) in [5.41, 5.74) is 0. The number of esters is 1. The second kappa shape index (κ2) is 17.1. The second-order valence-electron chi connectivity index (χ2n) is 8.14. The van der Waals surface area contributed by atoms with Crippen molar-refractivity contribution < 1.29 is 26.4 Å². The van der Waals surface area contributed by atoms with Crippen LogP contribution in [0.15, 0.2) is 0 Å². The first-order valence-electron chi connectivity index (χ1n) is 10.4. The molecular formula is C21H44ClNO2. The van der Waals surface area contributed by atoms with E-state index in [1.807, 2.05) is 0 Å². The van der Waals surface area contributed by atoms with E-state index >= 15 is 0 Å². The second-order valence-corrected chi connectivity index (χ2v) is 8.14. The van der Waals surface area contributed by atoms with Crippen LogP contribution in [0.5, 0.6) is 0 Å². The lowest BCUT2D eigenvalue weighted by atomic mass is 10.1. The molecule has 3 nitrogen and oxygen atoms in total. The monoisotopic (exact) mass is 377 g/mol. The third-order valence-corrected chi connectivity index (χ3v) is 5.20. The van der Waals surface area contributed by atoms with Gasteiger partial charge in [0.05, 0.1) is 26.7 Å². The van der Waals surface area contributed by atoms with Gasteiger partial charge in [0.15, 0.2) is 6.54 Å². The number of likely N-dealkylation sites (N-methyl/N-ethyl adjacent to an activating group) is 1. The maximum atomic E-state index is 11.8. The fourth-order valence-corrected chi connectivity index (χ4v) is 2.69. The number of ether oxygens (including phenoxy) is 1. The highest BCUT2D eigenvalue weighted by Crippen LogP contribution is 2.12. The largest absolute Gasteiger partial charge is 1.00 e. The summed E-state index contributed by atoms with van der Waals surface area (Å²) in [7, 11) is 4.16. The van der Waals surface area contributed by atoms with Gasteiger partial charge < -0.3 is 21.6 Å². The quantitative estimate of drug-likeness (QED) is 0.235. The van der Waals surface area contributed by atoms with Crippen LogP contribution in [0.25, 0.3) is 0 Å². The molecule has 0 aliphatic rings. The van der Waals surface area contributed by atoms with E-state index in [1.54, 1.807) is 0 Å². The summed E-state index contributed by atoms with van der Waals surface area (Å²) >= 11 is 0. The van der Waals surface area contributed by atoms with Gasteiger partial charge in [0.2, 0.25) is 0 Å². The molecule has 0 aromatic heterocycles. The van der Waals surface area contributed by atoms with Crippen molar-refractivity contribution >= 4 is 5.97 Å². The SMILES string of the molecule is CCCCCCCCCCCCCCOC(=O)C[N+](C)(C)C(C)C.[Cl-]. The van der Waals surface area contributed by atoms with Crippen molar-refractivity contribution in [1.29, 1.82) is 0 Å². The van der Waals surface area contributed by atoms with E-state index in [-0.39, 0.29) is 18.4 Å². The van der Waals surface area contributed by atoms with Crippen LogP contribution >= 0.6 is 0 Å². The van der Waals surface area contributed by atoms with Gasteiger partial charge in [0.25, 0.3) is 0 Å². The number of carbonyl (C=O) groups excluding carboxylic acids is 1. The average Bonchev–Trinajstić information content (AvgIpc) is 2.51. The van der Waals surface area contributed by atoms with Gasteiger partial charge in [-0.2, -0.15) is 0 Å². The minimum Gasteiger partial charge on any atom is -1.00 e. The Morgan fingerprint density at radius 1 is 0.800 bits per heavy atom. The van der Waals surface area contributed by atoms with E-state index in [4.69, 9.17) is 4.74 Å². The van der Waals surface area contributed by atoms with Gasteiger partial charge in [-0.15, -0.1) is 0 Å². The molecular weight excluding hydrogens is 334 g/mol. The summed E-state index contributed by atoms with van der Waals surface area (Å²) in [4.78, 5) is 11.8. The van der Waals surface area contributed by atoms with Crippen molar-refractivity contribution in [3.8, 4) is 0 Å². The van der Waals surface area contributed by atoms with E-state index in [0.29, 0.717) is 23.7 Å². The number of carbonyl (C=O) groups is 1. The Kier molecular flexibility index (Phi) is 18.5. The zero-order valence-electron chi connectivity index (χ0n) is 17.6. The number of hydrogen-bond donors (Lipinski definition) is 0. The predicted octanol–water partition coefficient (Wildman–Crippen LogP) is 2.72. The van der Waals surface area contributed by atoms with Gasteiger partial charge in [-0.25, -0.2) is 4.79 Å². The van der Waals surface area contributed by atoms with Crippen LogP contribution in [0.1, 0.15) is 97.8 Å². The third kappa shape index (κ3) is 16.9. The number of halogens is 1. The number of hydrogen-bond acceptors (Lipinski definition) is 2. The molecule has 152 valence electrons. The molecule has 0 fully saturated rings. The Morgan fingerprint density at radius 2 is 1.20 bits per heavy atom. The highest BCUT2D eigenvalue weighted by molar-refractivity contribution is 5.70. The normalized spacial score (nSPS) is 11.4. The molecule has 0 rings (SSSR count). The minimum atomic E-state index is -0.0585. The van der Waals surface area contributed by atoms with Crippen molar-refractivity contribution in [3.63, 3.8) is 0 Å². The Hall–Kier alpha value is -0.280. The summed E-state index contributed by atoms with van der Waals surface area (Å²) in [5.74, 6) is -0.0585. The van der Waals surface area contributed by atoms with Crippen molar-refractivity contribution in [2.45, 2.75) is 104 Å². The first-order valence-corrected chi connectivity index (χ1v) is 10.4. The van der Waals surface area contributed by atoms with Crippen LogP contribution in [-0.4, -0.2) is 43.7 Å². The first kappa shape index (κ1) is 26.9. The summed E-state index contributed by atoms with van der Waals surface area (Å²) in [6.07, 6.45) is 16.0.